The molecule has 0 amide bonds. The predicted octanol–water partition coefficient (Wildman–Crippen LogP) is 4.39. The van der Waals surface area contributed by atoms with E-state index in [1.165, 1.54) is 16.7 Å². The van der Waals surface area contributed by atoms with E-state index >= 15 is 0 Å². The lowest BCUT2D eigenvalue weighted by Crippen LogP contribution is -2.44. The fraction of sp³-hybridized carbons (Fsp3) is 0.364. The summed E-state index contributed by atoms with van der Waals surface area (Å²) in [7, 11) is 0. The van der Waals surface area contributed by atoms with Crippen LogP contribution in [0.3, 0.4) is 0 Å². The van der Waals surface area contributed by atoms with Gasteiger partial charge in [0.2, 0.25) is 0 Å². The quantitative estimate of drug-likeness (QED) is 0.396. The van der Waals surface area contributed by atoms with Crippen LogP contribution in [0.2, 0.25) is 0 Å². The number of pyridine rings is 1. The van der Waals surface area contributed by atoms with Crippen LogP contribution in [-0.2, 0) is 6.42 Å². The molecule has 1 fully saturated rings. The molecule has 0 saturated carbocycles. The van der Waals surface area contributed by atoms with Crippen molar-refractivity contribution < 1.29 is 0 Å². The standard InChI is InChI=1S/C22H28N4.HI/c1-2-24-22(25-14-10-21-9-6-13-23-18-21)26-15-11-20(12-16-26)17-19-7-4-3-5-8-19;/h3-9,13,17-18H,2,10-12,14-16H2,1H3,(H,24,25);1H. The van der Waals surface area contributed by atoms with Gasteiger partial charge in [-0.05, 0) is 43.4 Å². The highest BCUT2D eigenvalue weighted by Gasteiger charge is 2.17. The Labute approximate surface area is 179 Å². The molecule has 27 heavy (non-hydrogen) atoms. The van der Waals surface area contributed by atoms with E-state index in [2.05, 4.69) is 64.6 Å². The van der Waals surface area contributed by atoms with Crippen molar-refractivity contribution in [2.75, 3.05) is 26.2 Å². The molecule has 0 spiro atoms. The van der Waals surface area contributed by atoms with Crippen molar-refractivity contribution in [3.63, 3.8) is 0 Å². The number of likely N-dealkylation sites (tertiary alicyclic amines) is 1. The van der Waals surface area contributed by atoms with Gasteiger partial charge in [0.15, 0.2) is 5.96 Å². The van der Waals surface area contributed by atoms with Crippen LogP contribution in [0.4, 0.5) is 0 Å². The number of hydrogen-bond acceptors (Lipinski definition) is 2. The topological polar surface area (TPSA) is 40.5 Å². The zero-order valence-corrected chi connectivity index (χ0v) is 18.3. The summed E-state index contributed by atoms with van der Waals surface area (Å²) in [6, 6.07) is 14.7. The van der Waals surface area contributed by atoms with Crippen molar-refractivity contribution in [2.45, 2.75) is 26.2 Å². The molecule has 2 aromatic rings. The van der Waals surface area contributed by atoms with Crippen LogP contribution >= 0.6 is 24.0 Å². The number of rotatable bonds is 5. The second kappa shape index (κ2) is 11.7. The lowest BCUT2D eigenvalue weighted by molar-refractivity contribution is 0.375. The van der Waals surface area contributed by atoms with E-state index in [4.69, 9.17) is 4.99 Å². The molecule has 1 aromatic carbocycles. The highest BCUT2D eigenvalue weighted by Crippen LogP contribution is 2.19. The molecule has 1 aliphatic heterocycles. The second-order valence-electron chi connectivity index (χ2n) is 6.55. The van der Waals surface area contributed by atoms with Crippen molar-refractivity contribution in [3.8, 4) is 0 Å². The molecule has 144 valence electrons. The maximum absolute atomic E-state index is 4.83. The number of hydrogen-bond donors (Lipinski definition) is 1. The Hall–Kier alpha value is -1.89. The van der Waals surface area contributed by atoms with Gasteiger partial charge in [-0.1, -0.05) is 48.0 Å². The van der Waals surface area contributed by atoms with Crippen molar-refractivity contribution in [1.29, 1.82) is 0 Å². The largest absolute Gasteiger partial charge is 0.357 e. The molecule has 0 aliphatic carbocycles. The first kappa shape index (κ1) is 21.4. The number of halogens is 1. The van der Waals surface area contributed by atoms with Crippen LogP contribution in [0, 0.1) is 0 Å². The summed E-state index contributed by atoms with van der Waals surface area (Å²) in [6.45, 7) is 5.86. The number of nitrogens with zero attached hydrogens (tertiary/aromatic N) is 3. The van der Waals surface area contributed by atoms with Crippen LogP contribution in [0.1, 0.15) is 30.9 Å². The Bertz CT molecular complexity index is 718. The maximum Gasteiger partial charge on any atom is 0.193 e. The van der Waals surface area contributed by atoms with Gasteiger partial charge >= 0.3 is 0 Å². The van der Waals surface area contributed by atoms with Gasteiger partial charge in [-0.3, -0.25) is 9.98 Å². The van der Waals surface area contributed by atoms with Crippen LogP contribution < -0.4 is 5.32 Å². The van der Waals surface area contributed by atoms with E-state index in [-0.39, 0.29) is 24.0 Å². The zero-order valence-electron chi connectivity index (χ0n) is 16.0. The zero-order chi connectivity index (χ0) is 18.0. The molecular formula is C22H29IN4. The Kier molecular flexibility index (Phi) is 9.31. The molecule has 1 aromatic heterocycles. The van der Waals surface area contributed by atoms with Crippen LogP contribution in [0.5, 0.6) is 0 Å². The first-order valence-electron chi connectivity index (χ1n) is 9.52. The molecule has 2 heterocycles. The number of aliphatic imine (C=N–C) groups is 1. The molecule has 0 atom stereocenters. The van der Waals surface area contributed by atoms with Crippen molar-refractivity contribution in [1.82, 2.24) is 15.2 Å². The average Bonchev–Trinajstić information content (AvgIpc) is 2.70. The lowest BCUT2D eigenvalue weighted by Gasteiger charge is -2.31. The van der Waals surface area contributed by atoms with Crippen LogP contribution in [0.15, 0.2) is 65.4 Å². The summed E-state index contributed by atoms with van der Waals surface area (Å²) in [5.41, 5.74) is 4.06. The van der Waals surface area contributed by atoms with Gasteiger partial charge in [-0.25, -0.2) is 0 Å². The number of aromatic nitrogens is 1. The number of guanidine groups is 1. The number of nitrogens with one attached hydrogen (secondary N) is 1. The first-order chi connectivity index (χ1) is 12.8. The Morgan fingerprint density at radius 3 is 2.59 bits per heavy atom. The van der Waals surface area contributed by atoms with Crippen molar-refractivity contribution >= 4 is 36.0 Å². The van der Waals surface area contributed by atoms with Gasteiger partial charge in [0.25, 0.3) is 0 Å². The number of piperidine rings is 1. The molecule has 1 N–H and O–H groups in total. The third kappa shape index (κ3) is 6.97. The van der Waals surface area contributed by atoms with E-state index < -0.39 is 0 Å². The lowest BCUT2D eigenvalue weighted by atomic mass is 10.0. The van der Waals surface area contributed by atoms with Gasteiger partial charge < -0.3 is 10.2 Å². The van der Waals surface area contributed by atoms with Gasteiger partial charge in [-0.15, -0.1) is 24.0 Å². The summed E-state index contributed by atoms with van der Waals surface area (Å²) in [6.07, 6.45) is 9.19. The molecule has 3 rings (SSSR count). The van der Waals surface area contributed by atoms with Crippen LogP contribution in [0.25, 0.3) is 6.08 Å². The third-order valence-electron chi connectivity index (χ3n) is 4.60. The summed E-state index contributed by atoms with van der Waals surface area (Å²) < 4.78 is 0. The highest BCUT2D eigenvalue weighted by molar-refractivity contribution is 14.0. The van der Waals surface area contributed by atoms with E-state index in [0.717, 1.165) is 51.4 Å². The van der Waals surface area contributed by atoms with Gasteiger partial charge in [-0.2, -0.15) is 0 Å². The summed E-state index contributed by atoms with van der Waals surface area (Å²) in [5, 5.41) is 3.44. The van der Waals surface area contributed by atoms with E-state index in [9.17, 15) is 0 Å². The molecule has 0 radical (unpaired) electrons. The van der Waals surface area contributed by atoms with Gasteiger partial charge in [0.05, 0.1) is 0 Å². The molecule has 1 saturated heterocycles. The predicted molar refractivity (Wildman–Crippen MR) is 125 cm³/mol. The molecule has 1 aliphatic rings. The monoisotopic (exact) mass is 476 g/mol. The smallest absolute Gasteiger partial charge is 0.193 e. The molecular weight excluding hydrogens is 447 g/mol. The van der Waals surface area contributed by atoms with E-state index in [0.29, 0.717) is 0 Å². The molecule has 0 unspecified atom stereocenters. The summed E-state index contributed by atoms with van der Waals surface area (Å²) >= 11 is 0. The van der Waals surface area contributed by atoms with Gasteiger partial charge in [0.1, 0.15) is 0 Å². The third-order valence-corrected chi connectivity index (χ3v) is 4.60. The SMILES string of the molecule is CCNC(=NCCc1cccnc1)N1CCC(=Cc2ccccc2)CC1.I. The normalized spacial score (nSPS) is 14.5. The Balaban J connectivity index is 0.00000261. The summed E-state index contributed by atoms with van der Waals surface area (Å²) in [5.74, 6) is 1.04. The highest BCUT2D eigenvalue weighted by atomic mass is 127. The minimum absolute atomic E-state index is 0. The molecule has 0 bridgehead atoms. The van der Waals surface area contributed by atoms with Crippen molar-refractivity contribution in [3.05, 3.63) is 71.6 Å². The fourth-order valence-electron chi connectivity index (χ4n) is 3.20. The minimum Gasteiger partial charge on any atom is -0.357 e. The average molecular weight is 476 g/mol. The van der Waals surface area contributed by atoms with E-state index in [1.54, 1.807) is 0 Å². The summed E-state index contributed by atoms with van der Waals surface area (Å²) in [4.78, 5) is 11.4. The second-order valence-corrected chi connectivity index (χ2v) is 6.55. The molecule has 5 heteroatoms. The first-order valence-corrected chi connectivity index (χ1v) is 9.52. The fourth-order valence-corrected chi connectivity index (χ4v) is 3.20. The van der Waals surface area contributed by atoms with E-state index in [1.807, 2.05) is 18.5 Å². The number of benzene rings is 1. The maximum atomic E-state index is 4.83. The van der Waals surface area contributed by atoms with Crippen molar-refractivity contribution in [2.24, 2.45) is 4.99 Å². The molecule has 4 nitrogen and oxygen atoms in total. The van der Waals surface area contributed by atoms with Gasteiger partial charge in [0, 0.05) is 38.6 Å². The Morgan fingerprint density at radius 2 is 1.93 bits per heavy atom. The van der Waals surface area contributed by atoms with Crippen LogP contribution in [-0.4, -0.2) is 42.0 Å². The minimum atomic E-state index is 0. The Morgan fingerprint density at radius 1 is 1.15 bits per heavy atom.